The summed E-state index contributed by atoms with van der Waals surface area (Å²) in [6.45, 7) is 2.11. The molecular weight excluding hydrogens is 302 g/mol. The predicted octanol–water partition coefficient (Wildman–Crippen LogP) is 6.52. The van der Waals surface area contributed by atoms with Crippen LogP contribution >= 0.6 is 11.6 Å². The quantitative estimate of drug-likeness (QED) is 0.489. The van der Waals surface area contributed by atoms with E-state index < -0.39 is 0 Å². The topological polar surface area (TPSA) is 12.9 Å². The minimum atomic E-state index is 0.592. The molecule has 1 fully saturated rings. The Bertz CT molecular complexity index is 846. The van der Waals surface area contributed by atoms with Crippen LogP contribution in [0.25, 0.3) is 21.9 Å². The summed E-state index contributed by atoms with van der Waals surface area (Å²) in [5, 5.41) is 2.86. The molecule has 3 aromatic rings. The highest BCUT2D eigenvalue weighted by molar-refractivity contribution is 6.34. The zero-order chi connectivity index (χ0) is 15.8. The lowest BCUT2D eigenvalue weighted by Gasteiger charge is -2.13. The fourth-order valence-corrected chi connectivity index (χ4v) is 3.91. The fourth-order valence-electron chi connectivity index (χ4n) is 3.70. The summed E-state index contributed by atoms with van der Waals surface area (Å²) in [5.74, 6) is 0.706. The van der Waals surface area contributed by atoms with Crippen molar-refractivity contribution in [3.63, 3.8) is 0 Å². The number of aromatic nitrogens is 1. The van der Waals surface area contributed by atoms with E-state index in [-0.39, 0.29) is 0 Å². The van der Waals surface area contributed by atoms with E-state index in [0.717, 1.165) is 5.39 Å². The molecule has 4 rings (SSSR count). The van der Waals surface area contributed by atoms with Crippen LogP contribution in [-0.2, 0) is 0 Å². The normalized spacial score (nSPS) is 15.4. The summed E-state index contributed by atoms with van der Waals surface area (Å²) >= 11 is 6.34. The van der Waals surface area contributed by atoms with E-state index in [4.69, 9.17) is 11.6 Å². The number of nitrogens with zero attached hydrogens (tertiary/aromatic N) is 1. The Kier molecular flexibility index (Phi) is 3.82. The Morgan fingerprint density at radius 3 is 2.43 bits per heavy atom. The van der Waals surface area contributed by atoms with Gasteiger partial charge in [0, 0.05) is 17.1 Å². The smallest absolute Gasteiger partial charge is 0.136 e. The zero-order valence-corrected chi connectivity index (χ0v) is 14.1. The minimum Gasteiger partial charge on any atom is -0.243 e. The van der Waals surface area contributed by atoms with Crippen LogP contribution in [0.1, 0.15) is 42.7 Å². The molecule has 0 bridgehead atoms. The van der Waals surface area contributed by atoms with Crippen molar-refractivity contribution in [3.8, 4) is 11.1 Å². The van der Waals surface area contributed by atoms with E-state index in [2.05, 4.69) is 54.4 Å². The van der Waals surface area contributed by atoms with Gasteiger partial charge in [-0.25, -0.2) is 4.98 Å². The van der Waals surface area contributed by atoms with E-state index in [1.165, 1.54) is 53.3 Å². The first-order valence-corrected chi connectivity index (χ1v) is 8.75. The summed E-state index contributed by atoms with van der Waals surface area (Å²) in [6.07, 6.45) is 7.23. The summed E-state index contributed by atoms with van der Waals surface area (Å²) in [5.41, 5.74) is 5.09. The van der Waals surface area contributed by atoms with Crippen LogP contribution in [0.5, 0.6) is 0 Å². The molecule has 0 N–H and O–H groups in total. The molecule has 1 aliphatic rings. The lowest BCUT2D eigenvalue weighted by Crippen LogP contribution is -1.94. The largest absolute Gasteiger partial charge is 0.243 e. The third-order valence-electron chi connectivity index (χ3n) is 5.05. The lowest BCUT2D eigenvalue weighted by atomic mass is 9.93. The number of hydrogen-bond donors (Lipinski definition) is 0. The Hall–Kier alpha value is -1.86. The van der Waals surface area contributed by atoms with Crippen molar-refractivity contribution in [2.75, 3.05) is 0 Å². The number of halogens is 1. The van der Waals surface area contributed by atoms with Crippen molar-refractivity contribution in [2.24, 2.45) is 0 Å². The second-order valence-corrected chi connectivity index (χ2v) is 6.97. The molecule has 23 heavy (non-hydrogen) atoms. The van der Waals surface area contributed by atoms with Gasteiger partial charge in [0.15, 0.2) is 0 Å². The molecule has 2 aromatic carbocycles. The summed E-state index contributed by atoms with van der Waals surface area (Å²) < 4.78 is 0. The maximum Gasteiger partial charge on any atom is 0.136 e. The van der Waals surface area contributed by atoms with Gasteiger partial charge >= 0.3 is 0 Å². The van der Waals surface area contributed by atoms with Gasteiger partial charge in [0.05, 0.1) is 0 Å². The first-order chi connectivity index (χ1) is 11.2. The van der Waals surface area contributed by atoms with Crippen LogP contribution in [0.2, 0.25) is 5.15 Å². The maximum atomic E-state index is 6.34. The molecule has 1 aliphatic carbocycles. The second-order valence-electron chi connectivity index (χ2n) is 6.62. The second kappa shape index (κ2) is 5.98. The molecule has 1 nitrogen and oxygen atoms in total. The molecule has 0 atom stereocenters. The molecule has 0 aliphatic heterocycles. The first kappa shape index (κ1) is 14.7. The van der Waals surface area contributed by atoms with E-state index in [1.807, 2.05) is 6.20 Å². The van der Waals surface area contributed by atoms with Crippen molar-refractivity contribution in [3.05, 3.63) is 64.9 Å². The van der Waals surface area contributed by atoms with Crippen molar-refractivity contribution < 1.29 is 0 Å². The van der Waals surface area contributed by atoms with Crippen LogP contribution < -0.4 is 0 Å². The van der Waals surface area contributed by atoms with Crippen molar-refractivity contribution in [1.82, 2.24) is 4.98 Å². The average molecular weight is 322 g/mol. The van der Waals surface area contributed by atoms with Crippen LogP contribution in [0.3, 0.4) is 0 Å². The van der Waals surface area contributed by atoms with Gasteiger partial charge in [-0.3, -0.25) is 0 Å². The minimum absolute atomic E-state index is 0.592. The highest BCUT2D eigenvalue weighted by Crippen LogP contribution is 2.38. The molecule has 116 valence electrons. The van der Waals surface area contributed by atoms with Crippen molar-refractivity contribution >= 4 is 22.4 Å². The van der Waals surface area contributed by atoms with Crippen LogP contribution in [-0.4, -0.2) is 4.98 Å². The molecule has 1 aromatic heterocycles. The molecular formula is C21H20ClN. The average Bonchev–Trinajstić information content (AvgIpc) is 3.11. The predicted molar refractivity (Wildman–Crippen MR) is 98.1 cm³/mol. The summed E-state index contributed by atoms with van der Waals surface area (Å²) in [7, 11) is 0. The van der Waals surface area contributed by atoms with E-state index >= 15 is 0 Å². The van der Waals surface area contributed by atoms with Crippen molar-refractivity contribution in [1.29, 1.82) is 0 Å². The highest BCUT2D eigenvalue weighted by atomic mass is 35.5. The monoisotopic (exact) mass is 321 g/mol. The zero-order valence-electron chi connectivity index (χ0n) is 13.3. The molecule has 0 unspecified atom stereocenters. The standard InChI is InChI=1S/C21H20ClN/c1-14-6-8-16(9-7-14)20-13-23-21(22)18-11-10-17(12-19(18)20)15-4-2-3-5-15/h6-13,15H,2-5H2,1H3. The fraction of sp³-hybridized carbons (Fsp3) is 0.286. The third kappa shape index (κ3) is 2.74. The van der Waals surface area contributed by atoms with Crippen LogP contribution in [0, 0.1) is 6.92 Å². The van der Waals surface area contributed by atoms with Gasteiger partial charge in [0.2, 0.25) is 0 Å². The van der Waals surface area contributed by atoms with Gasteiger partial charge in [0.1, 0.15) is 5.15 Å². The number of pyridine rings is 1. The van der Waals surface area contributed by atoms with Crippen LogP contribution in [0.4, 0.5) is 0 Å². The lowest BCUT2D eigenvalue weighted by molar-refractivity contribution is 0.724. The van der Waals surface area contributed by atoms with E-state index in [9.17, 15) is 0 Å². The third-order valence-corrected chi connectivity index (χ3v) is 5.35. The molecule has 1 saturated carbocycles. The molecule has 0 saturated heterocycles. The summed E-state index contributed by atoms with van der Waals surface area (Å²) in [6, 6.07) is 15.4. The van der Waals surface area contributed by atoms with Gasteiger partial charge in [-0.15, -0.1) is 0 Å². The highest BCUT2D eigenvalue weighted by Gasteiger charge is 2.18. The number of hydrogen-bond acceptors (Lipinski definition) is 1. The van der Waals surface area contributed by atoms with Gasteiger partial charge < -0.3 is 0 Å². The number of aryl methyl sites for hydroxylation is 1. The first-order valence-electron chi connectivity index (χ1n) is 8.37. The van der Waals surface area contributed by atoms with Crippen LogP contribution in [0.15, 0.2) is 48.7 Å². The molecule has 0 spiro atoms. The Morgan fingerprint density at radius 2 is 1.70 bits per heavy atom. The van der Waals surface area contributed by atoms with E-state index in [1.54, 1.807) is 0 Å². The number of benzene rings is 2. The Balaban J connectivity index is 1.90. The number of rotatable bonds is 2. The molecule has 0 radical (unpaired) electrons. The van der Waals surface area contributed by atoms with Gasteiger partial charge in [-0.1, -0.05) is 72.5 Å². The van der Waals surface area contributed by atoms with E-state index in [0.29, 0.717) is 11.1 Å². The van der Waals surface area contributed by atoms with Crippen molar-refractivity contribution in [2.45, 2.75) is 38.5 Å². The molecule has 1 heterocycles. The maximum absolute atomic E-state index is 6.34. The van der Waals surface area contributed by atoms with Gasteiger partial charge in [-0.05, 0) is 42.2 Å². The summed E-state index contributed by atoms with van der Waals surface area (Å²) in [4.78, 5) is 4.40. The Labute approximate surface area is 142 Å². The van der Waals surface area contributed by atoms with Gasteiger partial charge in [-0.2, -0.15) is 0 Å². The molecule has 2 heteroatoms. The Morgan fingerprint density at radius 1 is 0.957 bits per heavy atom. The van der Waals surface area contributed by atoms with Gasteiger partial charge in [0.25, 0.3) is 0 Å². The SMILES string of the molecule is Cc1ccc(-c2cnc(Cl)c3ccc(C4CCCC4)cc23)cc1. The number of fused-ring (bicyclic) bond motifs is 1. The molecule has 0 amide bonds.